The zero-order valence-corrected chi connectivity index (χ0v) is 26.9. The van der Waals surface area contributed by atoms with Crippen molar-refractivity contribution in [3.05, 3.63) is 61.1 Å². The standard InChI is InChI=1S/C16H19ClN6O3.C13H18ClN3O3/c1-22-8-10(6-19-22)16(3-4-16)20-15(25)26-11-2-5-23(9-11)12-7-18-21-14(24)13(12)17;14-12-10(16-5-4-9(18)8-16)7-15-17(13(12)19)11-3-1-2-6-20-11/h6-8,11H,2-5,9H2,1H3,(H,20,25)(H,21,24);7,9,11,18H,1-6,8H2/t11-;9-,11?/m11/s1. The number of carbonyl (C=O) groups excluding carboxylic acids is 1. The molecule has 3 aromatic rings. The lowest BCUT2D eigenvalue weighted by Crippen LogP contribution is -2.38. The number of H-pyrrole nitrogens is 1. The third-order valence-corrected chi connectivity index (χ3v) is 9.46. The minimum absolute atomic E-state index is 0.0959. The molecule has 3 saturated heterocycles. The van der Waals surface area contributed by atoms with E-state index in [0.29, 0.717) is 57.0 Å². The summed E-state index contributed by atoms with van der Waals surface area (Å²) >= 11 is 12.2. The lowest BCUT2D eigenvalue weighted by Gasteiger charge is -2.25. The van der Waals surface area contributed by atoms with Gasteiger partial charge in [-0.15, -0.1) is 0 Å². The Labute approximate surface area is 274 Å². The van der Waals surface area contributed by atoms with Gasteiger partial charge in [0.25, 0.3) is 11.1 Å². The van der Waals surface area contributed by atoms with Crippen molar-refractivity contribution in [3.63, 3.8) is 0 Å². The molecule has 0 bridgehead atoms. The van der Waals surface area contributed by atoms with Crippen molar-refractivity contribution in [2.24, 2.45) is 7.05 Å². The molecular formula is C29H37Cl2N9O6. The second kappa shape index (κ2) is 13.6. The van der Waals surface area contributed by atoms with Gasteiger partial charge in [-0.25, -0.2) is 9.89 Å². The van der Waals surface area contributed by atoms with Gasteiger partial charge in [0.15, 0.2) is 6.23 Å². The normalized spacial score (nSPS) is 23.5. The third-order valence-electron chi connectivity index (χ3n) is 8.74. The Balaban J connectivity index is 0.000000167. The first-order valence-electron chi connectivity index (χ1n) is 15.4. The third kappa shape index (κ3) is 7.01. The molecule has 15 nitrogen and oxygen atoms in total. The maximum atomic E-state index is 12.3. The quantitative estimate of drug-likeness (QED) is 0.349. The average Bonchev–Trinajstić information content (AvgIpc) is 3.34. The molecule has 248 valence electrons. The van der Waals surface area contributed by atoms with Crippen LogP contribution in [0.3, 0.4) is 0 Å². The fourth-order valence-electron chi connectivity index (χ4n) is 6.03. The fraction of sp³-hybridized carbons (Fsp3) is 0.586. The number of ether oxygens (including phenoxy) is 2. The Hall–Kier alpha value is -3.66. The summed E-state index contributed by atoms with van der Waals surface area (Å²) in [7, 11) is 1.85. The Kier molecular flexibility index (Phi) is 9.54. The smallest absolute Gasteiger partial charge is 0.408 e. The molecule has 1 aliphatic carbocycles. The first-order valence-corrected chi connectivity index (χ1v) is 16.2. The highest BCUT2D eigenvalue weighted by Gasteiger charge is 2.47. The number of aromatic nitrogens is 6. The number of carbonyl (C=O) groups is 1. The predicted molar refractivity (Wildman–Crippen MR) is 169 cm³/mol. The van der Waals surface area contributed by atoms with Crippen LogP contribution in [0.15, 0.2) is 34.4 Å². The number of alkyl carbamates (subject to hydrolysis) is 1. The van der Waals surface area contributed by atoms with Crippen LogP contribution in [0.1, 0.15) is 56.7 Å². The van der Waals surface area contributed by atoms with Crippen LogP contribution < -0.4 is 26.2 Å². The number of aliphatic hydroxyl groups is 1. The van der Waals surface area contributed by atoms with Gasteiger partial charge in [0, 0.05) is 51.5 Å². The lowest BCUT2D eigenvalue weighted by molar-refractivity contribution is -0.0424. The van der Waals surface area contributed by atoms with Crippen LogP contribution in [-0.2, 0) is 22.1 Å². The highest BCUT2D eigenvalue weighted by Crippen LogP contribution is 2.45. The average molecular weight is 679 g/mol. The minimum atomic E-state index is -0.437. The largest absolute Gasteiger partial charge is 0.444 e. The number of nitrogens with zero attached hydrogens (tertiary/aromatic N) is 7. The van der Waals surface area contributed by atoms with Crippen molar-refractivity contribution in [1.29, 1.82) is 0 Å². The van der Waals surface area contributed by atoms with Crippen LogP contribution in [0.5, 0.6) is 0 Å². The van der Waals surface area contributed by atoms with Crippen molar-refractivity contribution < 1.29 is 19.4 Å². The van der Waals surface area contributed by atoms with Crippen molar-refractivity contribution in [1.82, 2.24) is 35.1 Å². The first kappa shape index (κ1) is 32.3. The molecular weight excluding hydrogens is 641 g/mol. The summed E-state index contributed by atoms with van der Waals surface area (Å²) in [6.07, 6.45) is 11.3. The summed E-state index contributed by atoms with van der Waals surface area (Å²) in [5.74, 6) is 0. The number of hydrogen-bond acceptors (Lipinski definition) is 11. The van der Waals surface area contributed by atoms with E-state index in [9.17, 15) is 19.5 Å². The van der Waals surface area contributed by atoms with E-state index in [4.69, 9.17) is 32.7 Å². The van der Waals surface area contributed by atoms with Gasteiger partial charge in [-0.05, 0) is 38.5 Å². The molecule has 0 aromatic carbocycles. The number of halogens is 2. The molecule has 0 spiro atoms. The zero-order valence-electron chi connectivity index (χ0n) is 25.4. The monoisotopic (exact) mass is 677 g/mol. The maximum absolute atomic E-state index is 12.3. The second-order valence-corrected chi connectivity index (χ2v) is 12.8. The molecule has 3 atom stereocenters. The van der Waals surface area contributed by atoms with E-state index in [1.54, 1.807) is 17.1 Å². The predicted octanol–water partition coefficient (Wildman–Crippen LogP) is 2.32. The van der Waals surface area contributed by atoms with Crippen LogP contribution >= 0.6 is 23.2 Å². The van der Waals surface area contributed by atoms with Crippen LogP contribution in [0, 0.1) is 0 Å². The summed E-state index contributed by atoms with van der Waals surface area (Å²) in [6, 6.07) is 0. The fourth-order valence-corrected chi connectivity index (χ4v) is 6.50. The molecule has 17 heteroatoms. The van der Waals surface area contributed by atoms with Gasteiger partial charge in [0.1, 0.15) is 16.1 Å². The molecule has 46 heavy (non-hydrogen) atoms. The van der Waals surface area contributed by atoms with Gasteiger partial charge in [-0.3, -0.25) is 14.3 Å². The van der Waals surface area contributed by atoms with E-state index < -0.39 is 11.7 Å². The molecule has 6 heterocycles. The minimum Gasteiger partial charge on any atom is -0.444 e. The first-order chi connectivity index (χ1) is 22.1. The lowest BCUT2D eigenvalue weighted by atomic mass is 10.1. The van der Waals surface area contributed by atoms with Gasteiger partial charge in [0.05, 0.1) is 48.2 Å². The van der Waals surface area contributed by atoms with E-state index in [0.717, 1.165) is 37.7 Å². The molecule has 7 rings (SSSR count). The maximum Gasteiger partial charge on any atom is 0.408 e. The van der Waals surface area contributed by atoms with Crippen molar-refractivity contribution in [2.75, 3.05) is 42.6 Å². The number of rotatable bonds is 6. The molecule has 3 aliphatic heterocycles. The van der Waals surface area contributed by atoms with E-state index in [1.807, 2.05) is 23.0 Å². The number of nitrogens with one attached hydrogen (secondary N) is 2. The van der Waals surface area contributed by atoms with E-state index >= 15 is 0 Å². The Morgan fingerprint density at radius 3 is 2.48 bits per heavy atom. The summed E-state index contributed by atoms with van der Waals surface area (Å²) in [6.45, 7) is 2.93. The zero-order chi connectivity index (χ0) is 32.4. The van der Waals surface area contributed by atoms with Crippen LogP contribution in [-0.4, -0.2) is 86.0 Å². The summed E-state index contributed by atoms with van der Waals surface area (Å²) in [5.41, 5.74) is 1.03. The second-order valence-electron chi connectivity index (χ2n) is 12.1. The molecule has 1 unspecified atom stereocenters. The number of hydrogen-bond donors (Lipinski definition) is 3. The highest BCUT2D eigenvalue weighted by molar-refractivity contribution is 6.33. The van der Waals surface area contributed by atoms with Gasteiger partial charge in [0.2, 0.25) is 0 Å². The highest BCUT2D eigenvalue weighted by atomic mass is 35.5. The van der Waals surface area contributed by atoms with Gasteiger partial charge in [-0.1, -0.05) is 23.2 Å². The Bertz CT molecular complexity index is 1670. The Morgan fingerprint density at radius 1 is 1.04 bits per heavy atom. The summed E-state index contributed by atoms with van der Waals surface area (Å²) < 4.78 is 14.2. The number of β-amino-alcohol motifs (C(OH)–C–C–N with tert-alkyl or cyclic N) is 1. The molecule has 3 aromatic heterocycles. The van der Waals surface area contributed by atoms with Crippen molar-refractivity contribution >= 4 is 40.7 Å². The number of anilines is 2. The van der Waals surface area contributed by atoms with Crippen LogP contribution in [0.2, 0.25) is 10.0 Å². The molecule has 4 aliphatic rings. The number of aryl methyl sites for hydroxylation is 1. The number of aliphatic hydroxyl groups excluding tert-OH is 1. The van der Waals surface area contributed by atoms with Crippen molar-refractivity contribution in [2.45, 2.75) is 68.9 Å². The Morgan fingerprint density at radius 2 is 1.80 bits per heavy atom. The molecule has 1 saturated carbocycles. The van der Waals surface area contributed by atoms with Gasteiger partial charge < -0.3 is 29.7 Å². The summed E-state index contributed by atoms with van der Waals surface area (Å²) in [4.78, 5) is 40.0. The van der Waals surface area contributed by atoms with Crippen LogP contribution in [0.25, 0.3) is 0 Å². The molecule has 1 amide bonds. The van der Waals surface area contributed by atoms with E-state index in [-0.39, 0.29) is 39.6 Å². The molecule has 3 N–H and O–H groups in total. The topological polar surface area (TPSA) is 173 Å². The molecule has 0 radical (unpaired) electrons. The van der Waals surface area contributed by atoms with E-state index in [2.05, 4.69) is 25.7 Å². The van der Waals surface area contributed by atoms with Crippen molar-refractivity contribution in [3.8, 4) is 0 Å². The number of aromatic amines is 1. The SMILES string of the molecule is Cn1cc(C2(NC(=O)O[C@@H]3CCN(c4cn[nH]c(=O)c4Cl)C3)CC2)cn1.O=c1c(Cl)c(N2CC[C@@H](O)C2)cnn1C1CCCCO1. The number of amides is 1. The van der Waals surface area contributed by atoms with Gasteiger partial charge >= 0.3 is 6.09 Å². The summed E-state index contributed by atoms with van der Waals surface area (Å²) in [5, 5.41) is 27.2. The van der Waals surface area contributed by atoms with Gasteiger partial charge in [-0.2, -0.15) is 20.0 Å². The van der Waals surface area contributed by atoms with E-state index in [1.165, 1.54) is 10.9 Å². The van der Waals surface area contributed by atoms with Crippen LogP contribution in [0.4, 0.5) is 16.2 Å². The molecule has 4 fully saturated rings.